The van der Waals surface area contributed by atoms with Crippen molar-refractivity contribution in [3.05, 3.63) is 76.1 Å². The lowest BCUT2D eigenvalue weighted by molar-refractivity contribution is -0.117. The Bertz CT molecular complexity index is 746. The predicted octanol–water partition coefficient (Wildman–Crippen LogP) is 3.74. The summed E-state index contributed by atoms with van der Waals surface area (Å²) in [4.78, 5) is 12.0. The smallest absolute Gasteiger partial charge is 0.261 e. The molecule has 0 saturated carbocycles. The second-order valence-electron chi connectivity index (χ2n) is 4.80. The second kappa shape index (κ2) is 8.11. The SMILES string of the molecule is N#C/C(=C\c1c(F)cccc1Cl)C(=O)NCCc1ccccc1. The van der Waals surface area contributed by atoms with Crippen LogP contribution in [0.15, 0.2) is 54.1 Å². The van der Waals surface area contributed by atoms with Crippen LogP contribution < -0.4 is 5.32 Å². The lowest BCUT2D eigenvalue weighted by Crippen LogP contribution is -2.26. The van der Waals surface area contributed by atoms with E-state index in [0.29, 0.717) is 13.0 Å². The van der Waals surface area contributed by atoms with Gasteiger partial charge in [-0.05, 0) is 30.2 Å². The quantitative estimate of drug-likeness (QED) is 0.671. The monoisotopic (exact) mass is 328 g/mol. The van der Waals surface area contributed by atoms with Crippen LogP contribution in [-0.2, 0) is 11.2 Å². The first-order valence-electron chi connectivity index (χ1n) is 6.99. The molecule has 0 aliphatic carbocycles. The van der Waals surface area contributed by atoms with E-state index in [4.69, 9.17) is 16.9 Å². The summed E-state index contributed by atoms with van der Waals surface area (Å²) in [5.74, 6) is -1.13. The minimum Gasteiger partial charge on any atom is -0.351 e. The molecule has 0 aliphatic rings. The van der Waals surface area contributed by atoms with Crippen molar-refractivity contribution in [2.24, 2.45) is 0 Å². The highest BCUT2D eigenvalue weighted by Gasteiger charge is 2.12. The number of carbonyl (C=O) groups excluding carboxylic acids is 1. The van der Waals surface area contributed by atoms with Gasteiger partial charge in [0.1, 0.15) is 17.5 Å². The highest BCUT2D eigenvalue weighted by atomic mass is 35.5. The molecular formula is C18H14ClFN2O. The van der Waals surface area contributed by atoms with Crippen molar-refractivity contribution in [3.8, 4) is 6.07 Å². The molecule has 0 bridgehead atoms. The molecule has 0 fully saturated rings. The molecule has 0 spiro atoms. The van der Waals surface area contributed by atoms with E-state index in [0.717, 1.165) is 11.6 Å². The zero-order chi connectivity index (χ0) is 16.7. The average Bonchev–Trinajstić information content (AvgIpc) is 2.55. The van der Waals surface area contributed by atoms with Crippen molar-refractivity contribution in [3.63, 3.8) is 0 Å². The van der Waals surface area contributed by atoms with Gasteiger partial charge in [-0.1, -0.05) is 48.0 Å². The van der Waals surface area contributed by atoms with E-state index in [1.54, 1.807) is 6.07 Å². The van der Waals surface area contributed by atoms with Crippen LogP contribution in [0.25, 0.3) is 6.08 Å². The zero-order valence-corrected chi connectivity index (χ0v) is 13.0. The van der Waals surface area contributed by atoms with Gasteiger partial charge in [0.15, 0.2) is 0 Å². The van der Waals surface area contributed by atoms with E-state index in [-0.39, 0.29) is 16.2 Å². The van der Waals surface area contributed by atoms with Gasteiger partial charge in [-0.25, -0.2) is 4.39 Å². The highest BCUT2D eigenvalue weighted by molar-refractivity contribution is 6.32. The fourth-order valence-corrected chi connectivity index (χ4v) is 2.22. The van der Waals surface area contributed by atoms with Crippen molar-refractivity contribution in [1.29, 1.82) is 5.26 Å². The maximum Gasteiger partial charge on any atom is 0.261 e. The van der Waals surface area contributed by atoms with E-state index in [1.165, 1.54) is 18.2 Å². The molecule has 1 amide bonds. The fraction of sp³-hybridized carbons (Fsp3) is 0.111. The number of amides is 1. The summed E-state index contributed by atoms with van der Waals surface area (Å²) in [6.45, 7) is 0.382. The molecule has 1 N–H and O–H groups in total. The molecule has 5 heteroatoms. The first-order chi connectivity index (χ1) is 11.1. The van der Waals surface area contributed by atoms with Crippen LogP contribution in [-0.4, -0.2) is 12.5 Å². The molecule has 0 unspecified atom stereocenters. The molecule has 2 aromatic rings. The Hall–Kier alpha value is -2.64. The van der Waals surface area contributed by atoms with Crippen LogP contribution in [0.4, 0.5) is 4.39 Å². The van der Waals surface area contributed by atoms with Crippen LogP contribution >= 0.6 is 11.6 Å². The summed E-state index contributed by atoms with van der Waals surface area (Å²) in [7, 11) is 0. The van der Waals surface area contributed by atoms with Gasteiger partial charge in [0, 0.05) is 12.1 Å². The molecule has 0 aromatic heterocycles. The van der Waals surface area contributed by atoms with Crippen LogP contribution in [0.1, 0.15) is 11.1 Å². The van der Waals surface area contributed by atoms with Gasteiger partial charge in [-0.2, -0.15) is 5.26 Å². The molecule has 116 valence electrons. The minimum absolute atomic E-state index is 0.0314. The van der Waals surface area contributed by atoms with Crippen LogP contribution in [0, 0.1) is 17.1 Å². The Labute approximate surface area is 139 Å². The molecular weight excluding hydrogens is 315 g/mol. The van der Waals surface area contributed by atoms with Gasteiger partial charge in [0.25, 0.3) is 5.91 Å². The molecule has 2 rings (SSSR count). The van der Waals surface area contributed by atoms with E-state index in [9.17, 15) is 9.18 Å². The summed E-state index contributed by atoms with van der Waals surface area (Å²) in [6, 6.07) is 15.6. The van der Waals surface area contributed by atoms with Gasteiger partial charge in [-0.15, -0.1) is 0 Å². The van der Waals surface area contributed by atoms with Crippen molar-refractivity contribution in [2.75, 3.05) is 6.54 Å². The Kier molecular flexibility index (Phi) is 5.90. The molecule has 0 aliphatic heterocycles. The van der Waals surface area contributed by atoms with Crippen molar-refractivity contribution < 1.29 is 9.18 Å². The standard InChI is InChI=1S/C18H14ClFN2O/c19-16-7-4-8-17(20)15(16)11-14(12-21)18(23)22-10-9-13-5-2-1-3-6-13/h1-8,11H,9-10H2,(H,22,23)/b14-11+. The normalized spacial score (nSPS) is 10.9. The summed E-state index contributed by atoms with van der Waals surface area (Å²) in [5.41, 5.74) is 0.918. The number of nitrogens with one attached hydrogen (secondary N) is 1. The van der Waals surface area contributed by atoms with Gasteiger partial charge in [0.2, 0.25) is 0 Å². The first kappa shape index (κ1) is 16.7. The molecule has 23 heavy (non-hydrogen) atoms. The third-order valence-electron chi connectivity index (χ3n) is 3.20. The number of hydrogen-bond donors (Lipinski definition) is 1. The van der Waals surface area contributed by atoms with E-state index < -0.39 is 11.7 Å². The third kappa shape index (κ3) is 4.67. The largest absolute Gasteiger partial charge is 0.351 e. The maximum atomic E-state index is 13.7. The molecule has 0 heterocycles. The number of nitriles is 1. The summed E-state index contributed by atoms with van der Waals surface area (Å²) in [5, 5.41) is 11.9. The van der Waals surface area contributed by atoms with E-state index in [2.05, 4.69) is 5.32 Å². The molecule has 2 aromatic carbocycles. The zero-order valence-electron chi connectivity index (χ0n) is 12.2. The van der Waals surface area contributed by atoms with Crippen molar-refractivity contribution in [1.82, 2.24) is 5.32 Å². The Morgan fingerprint density at radius 2 is 1.96 bits per heavy atom. The van der Waals surface area contributed by atoms with Gasteiger partial charge in [0.05, 0.1) is 5.02 Å². The summed E-state index contributed by atoms with van der Waals surface area (Å²) >= 11 is 5.89. The number of nitrogens with zero attached hydrogens (tertiary/aromatic N) is 1. The van der Waals surface area contributed by atoms with Crippen LogP contribution in [0.2, 0.25) is 5.02 Å². The fourth-order valence-electron chi connectivity index (χ4n) is 2.00. The number of hydrogen-bond acceptors (Lipinski definition) is 2. The number of rotatable bonds is 5. The highest BCUT2D eigenvalue weighted by Crippen LogP contribution is 2.21. The topological polar surface area (TPSA) is 52.9 Å². The van der Waals surface area contributed by atoms with Gasteiger partial charge in [-0.3, -0.25) is 4.79 Å². The average molecular weight is 329 g/mol. The van der Waals surface area contributed by atoms with Crippen LogP contribution in [0.5, 0.6) is 0 Å². The Morgan fingerprint density at radius 3 is 2.61 bits per heavy atom. The van der Waals surface area contributed by atoms with Crippen molar-refractivity contribution >= 4 is 23.6 Å². The minimum atomic E-state index is -0.581. The van der Waals surface area contributed by atoms with Crippen molar-refractivity contribution in [2.45, 2.75) is 6.42 Å². The Balaban J connectivity index is 2.04. The molecule has 0 saturated heterocycles. The maximum absolute atomic E-state index is 13.7. The second-order valence-corrected chi connectivity index (χ2v) is 5.20. The van der Waals surface area contributed by atoms with E-state index >= 15 is 0 Å². The third-order valence-corrected chi connectivity index (χ3v) is 3.53. The van der Waals surface area contributed by atoms with Gasteiger partial charge < -0.3 is 5.32 Å². The number of benzene rings is 2. The number of carbonyl (C=O) groups is 1. The number of halogens is 2. The summed E-state index contributed by atoms with van der Waals surface area (Å²) < 4.78 is 13.7. The lowest BCUT2D eigenvalue weighted by atomic mass is 10.1. The lowest BCUT2D eigenvalue weighted by Gasteiger charge is -2.05. The predicted molar refractivity (Wildman–Crippen MR) is 88.2 cm³/mol. The Morgan fingerprint density at radius 1 is 1.22 bits per heavy atom. The molecule has 0 atom stereocenters. The van der Waals surface area contributed by atoms with Crippen LogP contribution in [0.3, 0.4) is 0 Å². The molecule has 3 nitrogen and oxygen atoms in total. The molecule has 0 radical (unpaired) electrons. The summed E-state index contributed by atoms with van der Waals surface area (Å²) in [6.07, 6.45) is 1.81. The van der Waals surface area contributed by atoms with E-state index in [1.807, 2.05) is 30.3 Å². The van der Waals surface area contributed by atoms with Gasteiger partial charge >= 0.3 is 0 Å². The first-order valence-corrected chi connectivity index (χ1v) is 7.37.